The first-order chi connectivity index (χ1) is 9.44. The summed E-state index contributed by atoms with van der Waals surface area (Å²) in [6.45, 7) is 0. The lowest BCUT2D eigenvalue weighted by Crippen LogP contribution is -2.27. The van der Waals surface area contributed by atoms with Crippen LogP contribution in [0, 0.1) is 10.1 Å². The van der Waals surface area contributed by atoms with E-state index in [0.717, 1.165) is 25.0 Å². The van der Waals surface area contributed by atoms with E-state index in [9.17, 15) is 18.5 Å². The SMILES string of the molecule is COC1CCCC1OS(=O)(=O)c1ccc([N+](=O)[O-])cc1. The Morgan fingerprint density at radius 1 is 1.20 bits per heavy atom. The number of non-ortho nitro benzene ring substituents is 1. The Bertz CT molecular complexity index is 582. The smallest absolute Gasteiger partial charge is 0.297 e. The van der Waals surface area contributed by atoms with Crippen molar-refractivity contribution in [3.63, 3.8) is 0 Å². The minimum Gasteiger partial charge on any atom is -0.379 e. The average Bonchev–Trinajstić information content (AvgIpc) is 2.85. The van der Waals surface area contributed by atoms with Gasteiger partial charge in [-0.1, -0.05) is 0 Å². The normalized spacial score (nSPS) is 22.9. The van der Waals surface area contributed by atoms with Crippen LogP contribution in [0.3, 0.4) is 0 Å². The van der Waals surface area contributed by atoms with Crippen molar-refractivity contribution in [1.82, 2.24) is 0 Å². The van der Waals surface area contributed by atoms with Gasteiger partial charge in [-0.2, -0.15) is 8.42 Å². The predicted octanol–water partition coefficient (Wildman–Crippen LogP) is 1.87. The van der Waals surface area contributed by atoms with Gasteiger partial charge in [0, 0.05) is 19.2 Å². The highest BCUT2D eigenvalue weighted by atomic mass is 32.2. The van der Waals surface area contributed by atoms with E-state index < -0.39 is 21.1 Å². The second-order valence-electron chi connectivity index (χ2n) is 4.54. The number of nitro groups is 1. The number of ether oxygens (including phenoxy) is 1. The van der Waals surface area contributed by atoms with Gasteiger partial charge >= 0.3 is 0 Å². The van der Waals surface area contributed by atoms with Crippen LogP contribution in [0.15, 0.2) is 29.2 Å². The van der Waals surface area contributed by atoms with Gasteiger partial charge in [0.1, 0.15) is 6.10 Å². The Morgan fingerprint density at radius 3 is 2.35 bits per heavy atom. The molecule has 7 nitrogen and oxygen atoms in total. The van der Waals surface area contributed by atoms with E-state index in [-0.39, 0.29) is 16.7 Å². The van der Waals surface area contributed by atoms with Gasteiger partial charge < -0.3 is 4.74 Å². The van der Waals surface area contributed by atoms with Crippen LogP contribution in [0.25, 0.3) is 0 Å². The molecule has 2 unspecified atom stereocenters. The van der Waals surface area contributed by atoms with Crippen molar-refractivity contribution in [3.05, 3.63) is 34.4 Å². The molecule has 0 heterocycles. The van der Waals surface area contributed by atoms with Gasteiger partial charge in [0.2, 0.25) is 0 Å². The number of nitro benzene ring substituents is 1. The molecular weight excluding hydrogens is 286 g/mol. The molecule has 0 radical (unpaired) electrons. The second-order valence-corrected chi connectivity index (χ2v) is 6.12. The van der Waals surface area contributed by atoms with Crippen molar-refractivity contribution in [1.29, 1.82) is 0 Å². The summed E-state index contributed by atoms with van der Waals surface area (Å²) < 4.78 is 34.5. The van der Waals surface area contributed by atoms with Crippen LogP contribution in [0.4, 0.5) is 5.69 Å². The fraction of sp³-hybridized carbons (Fsp3) is 0.500. The van der Waals surface area contributed by atoms with Gasteiger partial charge in [-0.15, -0.1) is 0 Å². The summed E-state index contributed by atoms with van der Waals surface area (Å²) in [5.41, 5.74) is -0.167. The van der Waals surface area contributed by atoms with Gasteiger partial charge in [-0.25, -0.2) is 0 Å². The maximum Gasteiger partial charge on any atom is 0.297 e. The quantitative estimate of drug-likeness (QED) is 0.468. The van der Waals surface area contributed by atoms with Gasteiger partial charge in [0.25, 0.3) is 15.8 Å². The van der Waals surface area contributed by atoms with Crippen LogP contribution in [-0.2, 0) is 19.0 Å². The third kappa shape index (κ3) is 3.14. The van der Waals surface area contributed by atoms with Gasteiger partial charge in [-0.3, -0.25) is 14.3 Å². The van der Waals surface area contributed by atoms with E-state index in [1.54, 1.807) is 0 Å². The molecule has 2 atom stereocenters. The highest BCUT2D eigenvalue weighted by molar-refractivity contribution is 7.86. The Balaban J connectivity index is 2.15. The molecule has 8 heteroatoms. The Labute approximate surface area is 116 Å². The molecule has 20 heavy (non-hydrogen) atoms. The number of benzene rings is 1. The summed E-state index contributed by atoms with van der Waals surface area (Å²) in [6.07, 6.45) is 1.49. The zero-order valence-corrected chi connectivity index (χ0v) is 11.7. The minimum absolute atomic E-state index is 0.0927. The summed E-state index contributed by atoms with van der Waals surface area (Å²) >= 11 is 0. The number of methoxy groups -OCH3 is 1. The molecule has 1 aliphatic carbocycles. The molecule has 1 aromatic carbocycles. The number of nitrogens with zero attached hydrogens (tertiary/aromatic N) is 1. The molecule has 1 aliphatic rings. The van der Waals surface area contributed by atoms with Gasteiger partial charge in [-0.05, 0) is 31.4 Å². The standard InChI is InChI=1S/C12H15NO6S/c1-18-11-3-2-4-12(11)19-20(16,17)10-7-5-9(6-8-10)13(14)15/h5-8,11-12H,2-4H2,1H3. The highest BCUT2D eigenvalue weighted by Crippen LogP contribution is 2.28. The molecule has 110 valence electrons. The summed E-state index contributed by atoms with van der Waals surface area (Å²) in [5.74, 6) is 0. The molecule has 0 spiro atoms. The molecule has 2 rings (SSSR count). The van der Waals surface area contributed by atoms with Gasteiger partial charge in [0.15, 0.2) is 0 Å². The van der Waals surface area contributed by atoms with E-state index in [0.29, 0.717) is 6.42 Å². The van der Waals surface area contributed by atoms with Crippen LogP contribution in [0.2, 0.25) is 0 Å². The topological polar surface area (TPSA) is 95.7 Å². The summed E-state index contributed by atoms with van der Waals surface area (Å²) in [4.78, 5) is 9.85. The number of hydrogen-bond donors (Lipinski definition) is 0. The zero-order valence-electron chi connectivity index (χ0n) is 10.9. The maximum absolute atomic E-state index is 12.1. The van der Waals surface area contributed by atoms with E-state index >= 15 is 0 Å². The highest BCUT2D eigenvalue weighted by Gasteiger charge is 2.33. The van der Waals surface area contributed by atoms with E-state index in [1.165, 1.54) is 19.2 Å². The Kier molecular flexibility index (Phi) is 4.36. The molecule has 0 bridgehead atoms. The number of hydrogen-bond acceptors (Lipinski definition) is 6. The predicted molar refractivity (Wildman–Crippen MR) is 69.8 cm³/mol. The second kappa shape index (κ2) is 5.86. The molecule has 0 aromatic heterocycles. The molecule has 0 N–H and O–H groups in total. The van der Waals surface area contributed by atoms with Crippen molar-refractivity contribution in [2.45, 2.75) is 36.4 Å². The van der Waals surface area contributed by atoms with Crippen molar-refractivity contribution < 1.29 is 22.3 Å². The summed E-state index contributed by atoms with van der Waals surface area (Å²) in [7, 11) is -2.41. The maximum atomic E-state index is 12.1. The van der Waals surface area contributed by atoms with Crippen molar-refractivity contribution >= 4 is 15.8 Å². The minimum atomic E-state index is -3.93. The van der Waals surface area contributed by atoms with Crippen LogP contribution in [-0.4, -0.2) is 32.7 Å². The van der Waals surface area contributed by atoms with Crippen LogP contribution in [0.5, 0.6) is 0 Å². The largest absolute Gasteiger partial charge is 0.379 e. The first kappa shape index (κ1) is 14.9. The third-order valence-electron chi connectivity index (χ3n) is 3.28. The first-order valence-corrected chi connectivity index (χ1v) is 7.55. The fourth-order valence-corrected chi connectivity index (χ4v) is 3.35. The number of rotatable bonds is 5. The summed E-state index contributed by atoms with van der Waals surface area (Å²) in [5, 5.41) is 10.5. The molecule has 0 amide bonds. The van der Waals surface area contributed by atoms with Crippen molar-refractivity contribution in [3.8, 4) is 0 Å². The van der Waals surface area contributed by atoms with Crippen LogP contribution in [0.1, 0.15) is 19.3 Å². The fourth-order valence-electron chi connectivity index (χ4n) is 2.22. The Hall–Kier alpha value is -1.51. The zero-order chi connectivity index (χ0) is 14.8. The van der Waals surface area contributed by atoms with Crippen LogP contribution >= 0.6 is 0 Å². The first-order valence-electron chi connectivity index (χ1n) is 6.14. The lowest BCUT2D eigenvalue weighted by Gasteiger charge is -2.18. The molecule has 1 fully saturated rings. The lowest BCUT2D eigenvalue weighted by molar-refractivity contribution is -0.384. The average molecular weight is 301 g/mol. The molecule has 1 saturated carbocycles. The molecular formula is C12H15NO6S. The molecule has 0 saturated heterocycles. The molecule has 1 aromatic rings. The Morgan fingerprint density at radius 2 is 1.80 bits per heavy atom. The van der Waals surface area contributed by atoms with E-state index in [1.807, 2.05) is 0 Å². The summed E-state index contributed by atoms with van der Waals surface area (Å²) in [6, 6.07) is 4.62. The van der Waals surface area contributed by atoms with Crippen molar-refractivity contribution in [2.24, 2.45) is 0 Å². The van der Waals surface area contributed by atoms with E-state index in [4.69, 9.17) is 8.92 Å². The van der Waals surface area contributed by atoms with E-state index in [2.05, 4.69) is 0 Å². The van der Waals surface area contributed by atoms with Crippen molar-refractivity contribution in [2.75, 3.05) is 7.11 Å². The monoisotopic (exact) mass is 301 g/mol. The lowest BCUT2D eigenvalue weighted by atomic mass is 10.3. The third-order valence-corrected chi connectivity index (χ3v) is 4.63. The van der Waals surface area contributed by atoms with Crippen LogP contribution < -0.4 is 0 Å². The molecule has 0 aliphatic heterocycles. The van der Waals surface area contributed by atoms with Gasteiger partial charge in [0.05, 0.1) is 15.9 Å².